The molecule has 0 saturated carbocycles. The summed E-state index contributed by atoms with van der Waals surface area (Å²) in [4.78, 5) is 75.5. The van der Waals surface area contributed by atoms with Gasteiger partial charge in [-0.25, -0.2) is 19.9 Å². The molecule has 0 radical (unpaired) electrons. The molecule has 6 heterocycles. The fourth-order valence-electron chi connectivity index (χ4n) is 6.96. The molecule has 4 fully saturated rings. The summed E-state index contributed by atoms with van der Waals surface area (Å²) in [6.07, 6.45) is 3.88. The van der Waals surface area contributed by atoms with Crippen molar-refractivity contribution in [2.75, 3.05) is 62.2 Å². The van der Waals surface area contributed by atoms with E-state index in [1.54, 1.807) is 34.1 Å². The molecule has 4 saturated heterocycles. The lowest BCUT2D eigenvalue weighted by Crippen LogP contribution is -2.53. The summed E-state index contributed by atoms with van der Waals surface area (Å²) < 4.78 is 0. The van der Waals surface area contributed by atoms with Crippen molar-refractivity contribution in [1.29, 1.82) is 0 Å². The number of halogens is 2. The molecule has 21 heteroatoms. The molecule has 1 aromatic carbocycles. The van der Waals surface area contributed by atoms with Gasteiger partial charge in [-0.2, -0.15) is 4.99 Å². The van der Waals surface area contributed by atoms with Crippen LogP contribution in [-0.4, -0.2) is 110 Å². The first-order valence-electron chi connectivity index (χ1n) is 17.0. The van der Waals surface area contributed by atoms with Crippen molar-refractivity contribution < 1.29 is 19.2 Å². The van der Waals surface area contributed by atoms with E-state index in [0.29, 0.717) is 81.9 Å². The Labute approximate surface area is 318 Å². The fourth-order valence-corrected chi connectivity index (χ4v) is 7.21. The van der Waals surface area contributed by atoms with Gasteiger partial charge in [0.1, 0.15) is 5.82 Å². The molecule has 4 aliphatic heterocycles. The molecule has 2 aromatic heterocycles. The van der Waals surface area contributed by atoms with Crippen molar-refractivity contribution >= 4 is 75.9 Å². The Kier molecular flexibility index (Phi) is 9.52. The largest absolute Gasteiger partial charge is 0.382 e. The van der Waals surface area contributed by atoms with Crippen molar-refractivity contribution in [3.8, 4) is 0 Å². The SMILES string of the molecule is Nc1nc(N)c(C(=O)/C=C2\NCC3(CCN(C(=O)c4ccc(C(=O)N5CCC6(CC5)CN/C(=N\C(=O)c5nc(Cl)c(N)nc5N)N6)cc4)CC3)N2)nc1Cl. The molecular formula is C33H37Cl2N15O4. The number of aliphatic imine (C=N–C) groups is 1. The van der Waals surface area contributed by atoms with Gasteiger partial charge in [0.25, 0.3) is 11.8 Å². The van der Waals surface area contributed by atoms with Gasteiger partial charge < -0.3 is 54.0 Å². The number of allylic oxidation sites excluding steroid dienone is 1. The summed E-state index contributed by atoms with van der Waals surface area (Å²) >= 11 is 11.8. The molecule has 4 aliphatic rings. The third kappa shape index (κ3) is 7.19. The second-order valence-electron chi connectivity index (χ2n) is 13.6. The smallest absolute Gasteiger partial charge is 0.302 e. The van der Waals surface area contributed by atoms with Crippen molar-refractivity contribution in [2.24, 2.45) is 4.99 Å². The minimum atomic E-state index is -0.725. The number of nitrogen functional groups attached to an aromatic ring is 4. The minimum absolute atomic E-state index is 0.0574. The maximum atomic E-state index is 13.4. The van der Waals surface area contributed by atoms with E-state index in [2.05, 4.69) is 46.2 Å². The van der Waals surface area contributed by atoms with Crippen molar-refractivity contribution in [1.82, 2.24) is 51.0 Å². The Morgan fingerprint density at radius 2 is 1.13 bits per heavy atom. The first-order chi connectivity index (χ1) is 25.7. The number of hydrogen-bond acceptors (Lipinski definition) is 14. The molecule has 0 bridgehead atoms. The lowest BCUT2D eigenvalue weighted by Gasteiger charge is -2.39. The Balaban J connectivity index is 0.893. The number of carbonyl (C=O) groups excluding carboxylic acids is 4. The predicted molar refractivity (Wildman–Crippen MR) is 200 cm³/mol. The van der Waals surface area contributed by atoms with Crippen LogP contribution in [0, 0.1) is 0 Å². The van der Waals surface area contributed by atoms with Gasteiger partial charge in [-0.1, -0.05) is 23.2 Å². The van der Waals surface area contributed by atoms with Gasteiger partial charge in [0.15, 0.2) is 50.9 Å². The summed E-state index contributed by atoms with van der Waals surface area (Å²) in [5.74, 6) is -1.10. The summed E-state index contributed by atoms with van der Waals surface area (Å²) in [6.45, 7) is 3.02. The van der Waals surface area contributed by atoms with E-state index in [1.165, 1.54) is 6.08 Å². The van der Waals surface area contributed by atoms with Crippen LogP contribution in [0.1, 0.15) is 67.4 Å². The molecule has 2 spiro atoms. The van der Waals surface area contributed by atoms with Crippen molar-refractivity contribution in [3.05, 3.63) is 69.0 Å². The van der Waals surface area contributed by atoms with Crippen LogP contribution in [0.25, 0.3) is 0 Å². The number of piperidine rings is 2. The van der Waals surface area contributed by atoms with Crippen LogP contribution in [0.5, 0.6) is 0 Å². The normalized spacial score (nSPS) is 20.0. The topological polar surface area (TPSA) is 291 Å². The van der Waals surface area contributed by atoms with Crippen LogP contribution in [-0.2, 0) is 0 Å². The number of amides is 3. The molecule has 3 amide bonds. The predicted octanol–water partition coefficient (Wildman–Crippen LogP) is 0.158. The first kappa shape index (κ1) is 36.4. The van der Waals surface area contributed by atoms with E-state index in [0.717, 1.165) is 0 Å². The van der Waals surface area contributed by atoms with Crippen LogP contribution in [0.3, 0.4) is 0 Å². The van der Waals surface area contributed by atoms with Gasteiger partial charge in [-0.15, -0.1) is 0 Å². The molecule has 0 unspecified atom stereocenters. The number of benzene rings is 1. The van der Waals surface area contributed by atoms with Crippen molar-refractivity contribution in [3.63, 3.8) is 0 Å². The highest BCUT2D eigenvalue weighted by atomic mass is 35.5. The quantitative estimate of drug-likeness (QED) is 0.126. The standard InChI is InChI=1S/C33H37Cl2N15O4/c34-22-26(38)44-24(36)20(42-22)18(51)13-19-40-14-32(47-19)5-9-49(10-6-32)29(53)16-1-3-17(4-2-16)30(54)50-11-7-33(8-12-50)15-41-31(48-33)46-28(52)21-25(37)45-27(39)23(35)43-21/h1-4,13,40,47H,5-12,14-15H2,(H4,36,38,44)(H4,37,39,45)(H2,41,46,48,52)/b19-13+. The average molecular weight is 779 g/mol. The zero-order chi connectivity index (χ0) is 38.4. The molecular weight excluding hydrogens is 741 g/mol. The number of guanidine groups is 1. The average Bonchev–Trinajstić information content (AvgIpc) is 3.73. The fraction of sp³-hybridized carbons (Fsp3) is 0.364. The zero-order valence-corrected chi connectivity index (χ0v) is 30.3. The van der Waals surface area contributed by atoms with Crippen LogP contribution in [0.15, 0.2) is 41.2 Å². The molecule has 0 atom stereocenters. The number of anilines is 4. The highest BCUT2D eigenvalue weighted by Gasteiger charge is 2.42. The molecule has 12 N–H and O–H groups in total. The van der Waals surface area contributed by atoms with Crippen LogP contribution in [0.4, 0.5) is 23.3 Å². The summed E-state index contributed by atoms with van der Waals surface area (Å²) in [6, 6.07) is 6.71. The maximum absolute atomic E-state index is 13.4. The van der Waals surface area contributed by atoms with E-state index < -0.39 is 17.2 Å². The Morgan fingerprint density at radius 1 is 0.667 bits per heavy atom. The van der Waals surface area contributed by atoms with Crippen LogP contribution >= 0.6 is 23.2 Å². The molecule has 282 valence electrons. The third-order valence-corrected chi connectivity index (χ3v) is 10.7. The highest BCUT2D eigenvalue weighted by Crippen LogP contribution is 2.29. The summed E-state index contributed by atoms with van der Waals surface area (Å²) in [5.41, 5.74) is 22.7. The number of aromatic nitrogens is 4. The number of carbonyl (C=O) groups is 4. The van der Waals surface area contributed by atoms with Crippen LogP contribution < -0.4 is 44.2 Å². The van der Waals surface area contributed by atoms with Gasteiger partial charge in [0, 0.05) is 56.5 Å². The Hall–Kier alpha value is -5.95. The highest BCUT2D eigenvalue weighted by molar-refractivity contribution is 6.32. The third-order valence-electron chi connectivity index (χ3n) is 10.1. The van der Waals surface area contributed by atoms with E-state index in [4.69, 9.17) is 46.1 Å². The van der Waals surface area contributed by atoms with Crippen LogP contribution in [0.2, 0.25) is 10.3 Å². The lowest BCUT2D eigenvalue weighted by molar-refractivity contribution is 0.0655. The summed E-state index contributed by atoms with van der Waals surface area (Å²) in [7, 11) is 0. The van der Waals surface area contributed by atoms with Gasteiger partial charge >= 0.3 is 5.91 Å². The monoisotopic (exact) mass is 777 g/mol. The minimum Gasteiger partial charge on any atom is -0.382 e. The Bertz CT molecular complexity index is 1960. The molecule has 19 nitrogen and oxygen atoms in total. The number of likely N-dealkylation sites (tertiary alicyclic amines) is 2. The first-order valence-corrected chi connectivity index (χ1v) is 17.8. The maximum Gasteiger partial charge on any atom is 0.302 e. The number of nitrogens with zero attached hydrogens (tertiary/aromatic N) is 7. The zero-order valence-electron chi connectivity index (χ0n) is 28.8. The molecule has 7 rings (SSSR count). The number of nitrogens with two attached hydrogens (primary N) is 4. The molecule has 54 heavy (non-hydrogen) atoms. The Morgan fingerprint density at radius 3 is 1.67 bits per heavy atom. The summed E-state index contributed by atoms with van der Waals surface area (Å²) in [5, 5.41) is 12.8. The van der Waals surface area contributed by atoms with Gasteiger partial charge in [0.05, 0.1) is 11.1 Å². The number of ketones is 1. The van der Waals surface area contributed by atoms with Gasteiger partial charge in [-0.05, 0) is 49.9 Å². The number of hydrogen-bond donors (Lipinski definition) is 8. The van der Waals surface area contributed by atoms with E-state index in [-0.39, 0.29) is 68.3 Å². The van der Waals surface area contributed by atoms with E-state index in [1.807, 2.05) is 0 Å². The number of nitrogens with one attached hydrogen (secondary N) is 4. The van der Waals surface area contributed by atoms with Crippen molar-refractivity contribution in [2.45, 2.75) is 36.8 Å². The van der Waals surface area contributed by atoms with Gasteiger partial charge in [0.2, 0.25) is 5.78 Å². The molecule has 0 aliphatic carbocycles. The lowest BCUT2D eigenvalue weighted by atomic mass is 9.88. The number of rotatable bonds is 5. The van der Waals surface area contributed by atoms with Gasteiger partial charge in [-0.3, -0.25) is 19.2 Å². The van der Waals surface area contributed by atoms with E-state index in [9.17, 15) is 19.2 Å². The second kappa shape index (κ2) is 14.1. The second-order valence-corrected chi connectivity index (χ2v) is 14.4. The molecule has 3 aromatic rings. The van der Waals surface area contributed by atoms with E-state index >= 15 is 0 Å².